The summed E-state index contributed by atoms with van der Waals surface area (Å²) in [4.78, 5) is 47.5. The van der Waals surface area contributed by atoms with Gasteiger partial charge in [0.05, 0.1) is 6.54 Å². The number of aromatic nitrogens is 2. The molecule has 3 rings (SSSR count). The van der Waals surface area contributed by atoms with Crippen molar-refractivity contribution in [3.05, 3.63) is 28.5 Å². The molecule has 3 heterocycles. The van der Waals surface area contributed by atoms with Crippen LogP contribution in [0.2, 0.25) is 0 Å². The van der Waals surface area contributed by atoms with Crippen LogP contribution in [0.25, 0.3) is 0 Å². The van der Waals surface area contributed by atoms with Gasteiger partial charge in [0.2, 0.25) is 0 Å². The molecule has 164 valence electrons. The lowest BCUT2D eigenvalue weighted by atomic mass is 10.1. The number of hydrogen-bond donors (Lipinski definition) is 3. The lowest BCUT2D eigenvalue weighted by Crippen LogP contribution is -2.53. The van der Waals surface area contributed by atoms with E-state index in [2.05, 4.69) is 9.88 Å². The Kier molecular flexibility index (Phi) is 6.94. The topological polar surface area (TPSA) is 189 Å². The van der Waals surface area contributed by atoms with Crippen molar-refractivity contribution in [2.45, 2.75) is 19.1 Å². The van der Waals surface area contributed by atoms with Crippen LogP contribution >= 0.6 is 0 Å². The van der Waals surface area contributed by atoms with Crippen molar-refractivity contribution < 1.29 is 39.4 Å². The predicted octanol–water partition coefficient (Wildman–Crippen LogP) is -0.0502. The number of nitrogens with zero attached hydrogens (tertiary/aromatic N) is 5. The molecule has 14 heteroatoms. The first-order valence-corrected chi connectivity index (χ1v) is 8.74. The zero-order chi connectivity index (χ0) is 22.5. The second-order valence-electron chi connectivity index (χ2n) is 6.87. The highest BCUT2D eigenvalue weighted by atomic mass is 16.6. The number of fused-ring (bicyclic) bond motifs is 1. The van der Waals surface area contributed by atoms with Crippen molar-refractivity contribution in [2.75, 3.05) is 32.7 Å². The highest BCUT2D eigenvalue weighted by molar-refractivity contribution is 5.89. The largest absolute Gasteiger partial charge is 0.478 e. The maximum atomic E-state index is 10.9. The molecule has 0 aromatic carbocycles. The van der Waals surface area contributed by atoms with E-state index >= 15 is 0 Å². The van der Waals surface area contributed by atoms with E-state index < -0.39 is 28.6 Å². The van der Waals surface area contributed by atoms with Gasteiger partial charge in [0.15, 0.2) is 0 Å². The van der Waals surface area contributed by atoms with Gasteiger partial charge in [-0.2, -0.15) is 0 Å². The minimum atomic E-state index is -1.26. The Balaban J connectivity index is 0.000000343. The number of nitro groups is 1. The SMILES string of the molecule is C[C@]1(CN2CCN(C(=O)O)CC2)Cn2cc([N+](=O)[O-])nc2O1.O=C(O)C=CC(=O)O. The Bertz CT molecular complexity index is 818. The van der Waals surface area contributed by atoms with Gasteiger partial charge in [0, 0.05) is 49.9 Å². The molecule has 2 aliphatic heterocycles. The van der Waals surface area contributed by atoms with Gasteiger partial charge in [-0.15, -0.1) is 0 Å². The molecule has 2 aliphatic rings. The second kappa shape index (κ2) is 9.21. The Hall–Kier alpha value is -3.68. The predicted molar refractivity (Wildman–Crippen MR) is 98.4 cm³/mol. The number of piperazine rings is 1. The van der Waals surface area contributed by atoms with Gasteiger partial charge in [-0.05, 0) is 11.8 Å². The first-order valence-electron chi connectivity index (χ1n) is 8.74. The van der Waals surface area contributed by atoms with Crippen LogP contribution < -0.4 is 4.74 Å². The number of rotatable bonds is 5. The molecule has 3 N–H and O–H groups in total. The molecule has 14 nitrogen and oxygen atoms in total. The third kappa shape index (κ3) is 6.16. The minimum absolute atomic E-state index is 0.216. The van der Waals surface area contributed by atoms with Gasteiger partial charge in [-0.3, -0.25) is 9.47 Å². The number of ether oxygens (including phenoxy) is 1. The fourth-order valence-electron chi connectivity index (χ4n) is 3.08. The lowest BCUT2D eigenvalue weighted by Gasteiger charge is -2.36. The molecule has 1 fully saturated rings. The Morgan fingerprint density at radius 2 is 1.77 bits per heavy atom. The molecule has 0 saturated carbocycles. The number of hydrogen-bond acceptors (Lipinski definition) is 8. The minimum Gasteiger partial charge on any atom is -0.478 e. The molecule has 1 aromatic rings. The monoisotopic (exact) mass is 427 g/mol. The molecular formula is C16H21N5O9. The van der Waals surface area contributed by atoms with Gasteiger partial charge < -0.3 is 35.1 Å². The van der Waals surface area contributed by atoms with E-state index in [-0.39, 0.29) is 11.8 Å². The second-order valence-corrected chi connectivity index (χ2v) is 6.87. The average molecular weight is 427 g/mol. The zero-order valence-corrected chi connectivity index (χ0v) is 16.0. The number of aliphatic carboxylic acids is 2. The van der Waals surface area contributed by atoms with Crippen LogP contribution in [-0.4, -0.2) is 96.0 Å². The van der Waals surface area contributed by atoms with Crippen molar-refractivity contribution in [2.24, 2.45) is 0 Å². The van der Waals surface area contributed by atoms with Crippen molar-refractivity contribution in [3.63, 3.8) is 0 Å². The molecule has 0 radical (unpaired) electrons. The molecule has 0 bridgehead atoms. The number of carboxylic acids is 2. The Labute approximate surface area is 169 Å². The first kappa shape index (κ1) is 22.6. The molecule has 0 spiro atoms. The fourth-order valence-corrected chi connectivity index (χ4v) is 3.08. The van der Waals surface area contributed by atoms with E-state index in [1.807, 2.05) is 6.92 Å². The summed E-state index contributed by atoms with van der Waals surface area (Å²) in [5.41, 5.74) is -0.511. The van der Waals surface area contributed by atoms with E-state index in [4.69, 9.17) is 20.1 Å². The smallest absolute Gasteiger partial charge is 0.415 e. The maximum Gasteiger partial charge on any atom is 0.415 e. The van der Waals surface area contributed by atoms with Gasteiger partial charge in [0.25, 0.3) is 0 Å². The van der Waals surface area contributed by atoms with Crippen LogP contribution in [-0.2, 0) is 16.1 Å². The molecule has 1 aromatic heterocycles. The summed E-state index contributed by atoms with van der Waals surface area (Å²) in [6, 6.07) is 0.262. The van der Waals surface area contributed by atoms with Crippen molar-refractivity contribution in [1.82, 2.24) is 19.4 Å². The first-order chi connectivity index (χ1) is 14.0. The molecular weight excluding hydrogens is 406 g/mol. The summed E-state index contributed by atoms with van der Waals surface area (Å²) < 4.78 is 7.42. The van der Waals surface area contributed by atoms with Crippen LogP contribution in [0, 0.1) is 10.1 Å². The molecule has 0 aliphatic carbocycles. The lowest BCUT2D eigenvalue weighted by molar-refractivity contribution is -0.389. The highest BCUT2D eigenvalue weighted by Crippen LogP contribution is 2.31. The zero-order valence-electron chi connectivity index (χ0n) is 16.0. The summed E-state index contributed by atoms with van der Waals surface area (Å²) in [6.07, 6.45) is 1.60. The number of imidazole rings is 1. The molecule has 1 saturated heterocycles. The van der Waals surface area contributed by atoms with Crippen LogP contribution in [0.4, 0.5) is 10.6 Å². The molecule has 0 unspecified atom stereocenters. The summed E-state index contributed by atoms with van der Waals surface area (Å²) in [5, 5.41) is 35.2. The number of amides is 1. The van der Waals surface area contributed by atoms with Crippen molar-refractivity contribution >= 4 is 23.8 Å². The third-order valence-electron chi connectivity index (χ3n) is 4.33. The van der Waals surface area contributed by atoms with E-state index in [0.29, 0.717) is 51.4 Å². The molecule has 1 amide bonds. The van der Waals surface area contributed by atoms with E-state index in [9.17, 15) is 24.5 Å². The summed E-state index contributed by atoms with van der Waals surface area (Å²) in [5.74, 6) is -2.73. The Morgan fingerprint density at radius 3 is 2.20 bits per heavy atom. The van der Waals surface area contributed by atoms with Crippen LogP contribution in [0.3, 0.4) is 0 Å². The highest BCUT2D eigenvalue weighted by Gasteiger charge is 2.41. The van der Waals surface area contributed by atoms with Crippen LogP contribution in [0.15, 0.2) is 18.3 Å². The van der Waals surface area contributed by atoms with Gasteiger partial charge in [-0.25, -0.2) is 14.4 Å². The van der Waals surface area contributed by atoms with Crippen molar-refractivity contribution in [3.8, 4) is 6.01 Å². The van der Waals surface area contributed by atoms with Crippen molar-refractivity contribution in [1.29, 1.82) is 0 Å². The molecule has 30 heavy (non-hydrogen) atoms. The van der Waals surface area contributed by atoms with E-state index in [1.54, 1.807) is 4.57 Å². The summed E-state index contributed by atoms with van der Waals surface area (Å²) >= 11 is 0. The summed E-state index contributed by atoms with van der Waals surface area (Å²) in [6.45, 7) is 5.28. The van der Waals surface area contributed by atoms with Crippen LogP contribution in [0.5, 0.6) is 6.01 Å². The number of carboxylic acid groups (broad SMARTS) is 3. The summed E-state index contributed by atoms with van der Waals surface area (Å²) in [7, 11) is 0. The number of carbonyl (C=O) groups is 3. The average Bonchev–Trinajstić information content (AvgIpc) is 3.16. The van der Waals surface area contributed by atoms with Gasteiger partial charge in [-0.1, -0.05) is 0 Å². The Morgan fingerprint density at radius 1 is 1.20 bits per heavy atom. The fraction of sp³-hybridized carbons (Fsp3) is 0.500. The quantitative estimate of drug-likeness (QED) is 0.324. The van der Waals surface area contributed by atoms with Crippen LogP contribution in [0.1, 0.15) is 6.92 Å². The molecule has 1 atom stereocenters. The third-order valence-corrected chi connectivity index (χ3v) is 4.33. The van der Waals surface area contributed by atoms with E-state index in [0.717, 1.165) is 0 Å². The maximum absolute atomic E-state index is 10.9. The van der Waals surface area contributed by atoms with Gasteiger partial charge >= 0.3 is 29.9 Å². The normalized spacial score (nSPS) is 20.8. The van der Waals surface area contributed by atoms with E-state index in [1.165, 1.54) is 11.1 Å². The van der Waals surface area contributed by atoms with Gasteiger partial charge in [0.1, 0.15) is 11.8 Å². The standard InChI is InChI=1S/C12H17N5O5.C4H4O4/c1-12(7-14-2-4-15(5-3-14)11(18)19)8-16-6-9(17(20)21)13-10(16)22-12;5-3(6)1-2-4(7)8/h6H,2-5,7-8H2,1H3,(H,18,19);1-2H,(H,5,6)(H,7,8)/t12-;/m0./s1.